The third-order valence-corrected chi connectivity index (χ3v) is 3.62. The second kappa shape index (κ2) is 5.72. The summed E-state index contributed by atoms with van der Waals surface area (Å²) in [6.45, 7) is 2.13. The number of rotatable bonds is 5. The maximum Gasteiger partial charge on any atom is 0.228 e. The summed E-state index contributed by atoms with van der Waals surface area (Å²) >= 11 is 6.15. The molecule has 1 aromatic carbocycles. The number of fused-ring (bicyclic) bond motifs is 1. The van der Waals surface area contributed by atoms with E-state index in [-0.39, 0.29) is 5.91 Å². The Kier molecular flexibility index (Phi) is 4.25. The van der Waals surface area contributed by atoms with Crippen molar-refractivity contribution < 1.29 is 9.90 Å². The fraction of sp³-hybridized carbons (Fsp3) is 0.500. The van der Waals surface area contributed by atoms with Crippen molar-refractivity contribution in [3.8, 4) is 0 Å². The second-order valence-electron chi connectivity index (χ2n) is 4.77. The molecule has 0 aliphatic carbocycles. The van der Waals surface area contributed by atoms with Gasteiger partial charge in [0.15, 0.2) is 0 Å². The van der Waals surface area contributed by atoms with Crippen LogP contribution in [0.15, 0.2) is 12.1 Å². The minimum Gasteiger partial charge on any atom is -0.388 e. The number of halogens is 1. The number of benzene rings is 1. The smallest absolute Gasteiger partial charge is 0.228 e. The summed E-state index contributed by atoms with van der Waals surface area (Å²) in [5, 5.41) is 13.4. The first-order valence-corrected chi connectivity index (χ1v) is 6.80. The summed E-state index contributed by atoms with van der Waals surface area (Å²) in [4.78, 5) is 11.3. The molecule has 4 heteroatoms. The van der Waals surface area contributed by atoms with Gasteiger partial charge in [0.25, 0.3) is 0 Å². The van der Waals surface area contributed by atoms with E-state index in [2.05, 4.69) is 12.2 Å². The Morgan fingerprint density at radius 1 is 1.44 bits per heavy atom. The molecule has 0 saturated heterocycles. The van der Waals surface area contributed by atoms with Crippen molar-refractivity contribution in [2.75, 3.05) is 5.32 Å². The number of aliphatic hydroxyl groups is 1. The molecule has 18 heavy (non-hydrogen) atoms. The molecular weight excluding hydrogens is 250 g/mol. The Balaban J connectivity index is 2.14. The van der Waals surface area contributed by atoms with E-state index in [1.165, 1.54) is 0 Å². The fourth-order valence-corrected chi connectivity index (χ4v) is 2.56. The van der Waals surface area contributed by atoms with Gasteiger partial charge in [0.05, 0.1) is 12.5 Å². The Bertz CT molecular complexity index is 459. The molecule has 1 unspecified atom stereocenters. The molecule has 0 saturated carbocycles. The zero-order valence-corrected chi connectivity index (χ0v) is 11.3. The molecule has 2 rings (SSSR count). The molecule has 0 bridgehead atoms. The SMILES string of the molecule is CCCCCC(O)c1cc2c(cc1Cl)NC(=O)C2. The molecular formula is C14H18ClNO2. The Morgan fingerprint density at radius 3 is 2.94 bits per heavy atom. The van der Waals surface area contributed by atoms with Gasteiger partial charge in [-0.05, 0) is 29.7 Å². The number of amides is 1. The highest BCUT2D eigenvalue weighted by Crippen LogP contribution is 2.34. The number of aliphatic hydroxyl groups excluding tert-OH is 1. The monoisotopic (exact) mass is 267 g/mol. The van der Waals surface area contributed by atoms with Gasteiger partial charge >= 0.3 is 0 Å². The standard InChI is InChI=1S/C14H18ClNO2/c1-2-3-4-5-13(17)10-6-9-7-14(18)16-12(9)8-11(10)15/h6,8,13,17H,2-5,7H2,1H3,(H,16,18). The molecule has 1 aromatic rings. The predicted octanol–water partition coefficient (Wildman–Crippen LogP) is 3.45. The maximum absolute atomic E-state index is 11.3. The van der Waals surface area contributed by atoms with Crippen molar-refractivity contribution in [2.24, 2.45) is 0 Å². The summed E-state index contributed by atoms with van der Waals surface area (Å²) in [5.74, 6) is -0.0151. The maximum atomic E-state index is 11.3. The average molecular weight is 268 g/mol. The molecule has 0 spiro atoms. The molecule has 98 valence electrons. The summed E-state index contributed by atoms with van der Waals surface area (Å²) in [6.07, 6.45) is 3.78. The largest absolute Gasteiger partial charge is 0.388 e. The van der Waals surface area contributed by atoms with Crippen LogP contribution in [0.2, 0.25) is 5.02 Å². The van der Waals surface area contributed by atoms with Crippen LogP contribution in [0.3, 0.4) is 0 Å². The molecule has 0 fully saturated rings. The van der Waals surface area contributed by atoms with Crippen molar-refractivity contribution >= 4 is 23.2 Å². The van der Waals surface area contributed by atoms with E-state index in [0.29, 0.717) is 17.9 Å². The van der Waals surface area contributed by atoms with Crippen molar-refractivity contribution in [3.63, 3.8) is 0 Å². The average Bonchev–Trinajstić information content (AvgIpc) is 2.67. The van der Waals surface area contributed by atoms with Crippen LogP contribution in [0, 0.1) is 0 Å². The Hall–Kier alpha value is -1.06. The van der Waals surface area contributed by atoms with Crippen LogP contribution in [-0.4, -0.2) is 11.0 Å². The minimum absolute atomic E-state index is 0.0151. The van der Waals surface area contributed by atoms with Crippen molar-refractivity contribution in [1.29, 1.82) is 0 Å². The van der Waals surface area contributed by atoms with E-state index in [9.17, 15) is 9.90 Å². The molecule has 1 atom stereocenters. The van der Waals surface area contributed by atoms with Gasteiger partial charge in [0.2, 0.25) is 5.91 Å². The first kappa shape index (κ1) is 13.4. The molecule has 1 amide bonds. The molecule has 3 nitrogen and oxygen atoms in total. The number of nitrogens with one attached hydrogen (secondary N) is 1. The number of anilines is 1. The number of carbonyl (C=O) groups excluding carboxylic acids is 1. The van der Waals surface area contributed by atoms with E-state index in [1.54, 1.807) is 6.07 Å². The fourth-order valence-electron chi connectivity index (χ4n) is 2.27. The normalized spacial score (nSPS) is 15.4. The van der Waals surface area contributed by atoms with Crippen molar-refractivity contribution in [3.05, 3.63) is 28.3 Å². The van der Waals surface area contributed by atoms with Gasteiger partial charge in [-0.15, -0.1) is 0 Å². The van der Waals surface area contributed by atoms with Crippen LogP contribution in [0.1, 0.15) is 49.8 Å². The van der Waals surface area contributed by atoms with Crippen LogP contribution in [0.4, 0.5) is 5.69 Å². The van der Waals surface area contributed by atoms with Gasteiger partial charge in [-0.25, -0.2) is 0 Å². The molecule has 1 heterocycles. The lowest BCUT2D eigenvalue weighted by atomic mass is 10.00. The zero-order chi connectivity index (χ0) is 13.1. The third kappa shape index (κ3) is 2.85. The van der Waals surface area contributed by atoms with Gasteiger partial charge in [-0.2, -0.15) is 0 Å². The second-order valence-corrected chi connectivity index (χ2v) is 5.17. The summed E-state index contributed by atoms with van der Waals surface area (Å²) in [6, 6.07) is 3.59. The van der Waals surface area contributed by atoms with E-state index in [1.807, 2.05) is 6.07 Å². The van der Waals surface area contributed by atoms with Crippen LogP contribution in [0.5, 0.6) is 0 Å². The number of hydrogen-bond acceptors (Lipinski definition) is 2. The lowest BCUT2D eigenvalue weighted by molar-refractivity contribution is -0.115. The van der Waals surface area contributed by atoms with Crippen molar-refractivity contribution in [2.45, 2.75) is 45.1 Å². The summed E-state index contributed by atoms with van der Waals surface area (Å²) < 4.78 is 0. The lowest BCUT2D eigenvalue weighted by Crippen LogP contribution is -2.03. The molecule has 0 radical (unpaired) electrons. The third-order valence-electron chi connectivity index (χ3n) is 3.29. The van der Waals surface area contributed by atoms with Gasteiger partial charge in [-0.1, -0.05) is 37.8 Å². The number of hydrogen-bond donors (Lipinski definition) is 2. The first-order valence-electron chi connectivity index (χ1n) is 6.42. The molecule has 1 aliphatic rings. The molecule has 1 aliphatic heterocycles. The highest BCUT2D eigenvalue weighted by molar-refractivity contribution is 6.32. The van der Waals surface area contributed by atoms with Crippen LogP contribution in [0.25, 0.3) is 0 Å². The van der Waals surface area contributed by atoms with Gasteiger partial charge in [0, 0.05) is 10.7 Å². The van der Waals surface area contributed by atoms with E-state index in [0.717, 1.165) is 36.1 Å². The minimum atomic E-state index is -0.537. The van der Waals surface area contributed by atoms with E-state index >= 15 is 0 Å². The number of unbranched alkanes of at least 4 members (excludes halogenated alkanes) is 2. The highest BCUT2D eigenvalue weighted by Gasteiger charge is 2.21. The van der Waals surface area contributed by atoms with Crippen LogP contribution >= 0.6 is 11.6 Å². The Labute approximate surface area is 112 Å². The van der Waals surface area contributed by atoms with Gasteiger partial charge in [0.1, 0.15) is 0 Å². The van der Waals surface area contributed by atoms with E-state index < -0.39 is 6.10 Å². The van der Waals surface area contributed by atoms with Crippen molar-refractivity contribution in [1.82, 2.24) is 0 Å². The quantitative estimate of drug-likeness (QED) is 0.803. The molecule has 2 N–H and O–H groups in total. The lowest BCUT2D eigenvalue weighted by Gasteiger charge is -2.14. The zero-order valence-electron chi connectivity index (χ0n) is 10.5. The van der Waals surface area contributed by atoms with E-state index in [4.69, 9.17) is 11.6 Å². The highest BCUT2D eigenvalue weighted by atomic mass is 35.5. The topological polar surface area (TPSA) is 49.3 Å². The first-order chi connectivity index (χ1) is 8.61. The summed E-state index contributed by atoms with van der Waals surface area (Å²) in [5.41, 5.74) is 2.44. The Morgan fingerprint density at radius 2 is 2.22 bits per heavy atom. The van der Waals surface area contributed by atoms with Crippen LogP contribution < -0.4 is 5.32 Å². The number of carbonyl (C=O) groups is 1. The van der Waals surface area contributed by atoms with Gasteiger partial charge in [-0.3, -0.25) is 4.79 Å². The predicted molar refractivity (Wildman–Crippen MR) is 72.9 cm³/mol. The van der Waals surface area contributed by atoms with Gasteiger partial charge < -0.3 is 10.4 Å². The summed E-state index contributed by atoms with van der Waals surface area (Å²) in [7, 11) is 0. The van der Waals surface area contributed by atoms with Crippen LogP contribution in [-0.2, 0) is 11.2 Å². The molecule has 0 aromatic heterocycles.